The first kappa shape index (κ1) is 25.1. The maximum atomic E-state index is 13.3. The van der Waals surface area contributed by atoms with Crippen LogP contribution in [-0.2, 0) is 16.0 Å². The molecule has 3 heterocycles. The molecule has 36 heavy (non-hydrogen) atoms. The van der Waals surface area contributed by atoms with Crippen molar-refractivity contribution in [1.82, 2.24) is 19.4 Å². The Morgan fingerprint density at radius 2 is 1.89 bits per heavy atom. The zero-order valence-electron chi connectivity index (χ0n) is 20.6. The van der Waals surface area contributed by atoms with Crippen molar-refractivity contribution in [1.29, 1.82) is 0 Å². The van der Waals surface area contributed by atoms with Crippen LogP contribution in [0.25, 0.3) is 11.0 Å². The number of rotatable bonds is 7. The lowest BCUT2D eigenvalue weighted by molar-refractivity contribution is -0.384. The number of likely N-dealkylation sites (tertiary alicyclic amines) is 1. The number of nitrogens with zero attached hydrogens (tertiary/aromatic N) is 5. The summed E-state index contributed by atoms with van der Waals surface area (Å²) in [6.07, 6.45) is 3.57. The maximum Gasteiger partial charge on any atom is 0.329 e. The average Bonchev–Trinajstić information content (AvgIpc) is 3.20. The minimum absolute atomic E-state index is 0.0121. The highest BCUT2D eigenvalue weighted by Crippen LogP contribution is 2.36. The van der Waals surface area contributed by atoms with E-state index in [1.54, 1.807) is 24.0 Å². The van der Waals surface area contributed by atoms with E-state index in [1.165, 1.54) is 12.1 Å². The summed E-state index contributed by atoms with van der Waals surface area (Å²) in [5, 5.41) is 11.1. The van der Waals surface area contributed by atoms with Crippen LogP contribution in [0.4, 0.5) is 10.5 Å². The molecular formula is C25H30N6O5. The molecule has 0 bridgehead atoms. The van der Waals surface area contributed by atoms with Crippen molar-refractivity contribution in [2.24, 2.45) is 5.73 Å². The fraction of sp³-hybridized carbons (Fsp3) is 0.440. The molecule has 0 saturated carbocycles. The number of carbonyl (C=O) groups excluding carboxylic acids is 2. The van der Waals surface area contributed by atoms with Crippen LogP contribution in [0.1, 0.15) is 54.4 Å². The summed E-state index contributed by atoms with van der Waals surface area (Å²) in [6.45, 7) is 6.81. The van der Waals surface area contributed by atoms with Gasteiger partial charge < -0.3 is 19.9 Å². The number of nitro groups is 1. The van der Waals surface area contributed by atoms with E-state index in [0.29, 0.717) is 18.9 Å². The lowest BCUT2D eigenvalue weighted by atomic mass is 9.89. The molecule has 1 unspecified atom stereocenters. The van der Waals surface area contributed by atoms with Crippen LogP contribution in [0.3, 0.4) is 0 Å². The summed E-state index contributed by atoms with van der Waals surface area (Å²) in [4.78, 5) is 46.5. The van der Waals surface area contributed by atoms with E-state index >= 15 is 0 Å². The van der Waals surface area contributed by atoms with Crippen LogP contribution in [-0.4, -0.2) is 56.1 Å². The Labute approximate surface area is 208 Å². The van der Waals surface area contributed by atoms with E-state index in [9.17, 15) is 19.7 Å². The zero-order chi connectivity index (χ0) is 26.0. The number of ether oxygens (including phenoxy) is 1. The second kappa shape index (κ2) is 10.3. The van der Waals surface area contributed by atoms with Crippen LogP contribution in [0.2, 0.25) is 0 Å². The van der Waals surface area contributed by atoms with Crippen molar-refractivity contribution in [2.45, 2.75) is 52.0 Å². The molecular weight excluding hydrogens is 464 g/mol. The van der Waals surface area contributed by atoms with Gasteiger partial charge in [-0.2, -0.15) is 0 Å². The van der Waals surface area contributed by atoms with E-state index in [1.807, 2.05) is 24.6 Å². The van der Waals surface area contributed by atoms with Gasteiger partial charge in [-0.1, -0.05) is 12.1 Å². The fourth-order valence-corrected chi connectivity index (χ4v) is 4.95. The molecule has 1 fully saturated rings. The monoisotopic (exact) mass is 494 g/mol. The minimum atomic E-state index is -0.720. The molecule has 11 nitrogen and oxygen atoms in total. The number of nitro benzene ring substituents is 1. The number of hydrogen-bond acceptors (Lipinski definition) is 7. The van der Waals surface area contributed by atoms with Gasteiger partial charge in [-0.15, -0.1) is 0 Å². The lowest BCUT2D eigenvalue weighted by Gasteiger charge is -2.31. The quantitative estimate of drug-likeness (QED) is 0.300. The van der Waals surface area contributed by atoms with Crippen LogP contribution in [0, 0.1) is 24.0 Å². The largest absolute Gasteiger partial charge is 0.464 e. The number of fused-ring (bicyclic) bond motifs is 1. The van der Waals surface area contributed by atoms with Gasteiger partial charge in [-0.3, -0.25) is 15.1 Å². The molecule has 1 saturated heterocycles. The second-order valence-corrected chi connectivity index (χ2v) is 9.02. The van der Waals surface area contributed by atoms with Crippen LogP contribution in [0.5, 0.6) is 0 Å². The molecule has 3 aromatic rings. The Bertz CT molecular complexity index is 1290. The summed E-state index contributed by atoms with van der Waals surface area (Å²) in [5.74, 6) is 0.368. The zero-order valence-corrected chi connectivity index (χ0v) is 20.6. The Hall–Kier alpha value is -4.02. The van der Waals surface area contributed by atoms with Gasteiger partial charge in [0, 0.05) is 37.8 Å². The van der Waals surface area contributed by atoms with Gasteiger partial charge in [0.15, 0.2) is 0 Å². The van der Waals surface area contributed by atoms with E-state index in [-0.39, 0.29) is 24.6 Å². The van der Waals surface area contributed by atoms with Gasteiger partial charge in [0.1, 0.15) is 17.4 Å². The normalized spacial score (nSPS) is 15.1. The van der Waals surface area contributed by atoms with Crippen LogP contribution < -0.4 is 5.73 Å². The minimum Gasteiger partial charge on any atom is -0.464 e. The number of urea groups is 1. The molecule has 1 atom stereocenters. The highest BCUT2D eigenvalue weighted by Gasteiger charge is 2.31. The molecule has 4 rings (SSSR count). The third-order valence-corrected chi connectivity index (χ3v) is 6.79. The van der Waals surface area contributed by atoms with Crippen molar-refractivity contribution in [3.8, 4) is 0 Å². The number of pyridine rings is 1. The highest BCUT2D eigenvalue weighted by atomic mass is 16.6. The van der Waals surface area contributed by atoms with Gasteiger partial charge >= 0.3 is 12.0 Å². The smallest absolute Gasteiger partial charge is 0.329 e. The second-order valence-electron chi connectivity index (χ2n) is 9.02. The predicted octanol–water partition coefficient (Wildman–Crippen LogP) is 3.56. The Morgan fingerprint density at radius 3 is 2.47 bits per heavy atom. The molecule has 1 aromatic carbocycles. The highest BCUT2D eigenvalue weighted by molar-refractivity contribution is 5.85. The fourth-order valence-electron chi connectivity index (χ4n) is 4.95. The number of aryl methyl sites for hydroxylation is 2. The number of esters is 1. The number of piperidine rings is 1. The Morgan fingerprint density at radius 1 is 1.22 bits per heavy atom. The molecule has 0 radical (unpaired) electrons. The van der Waals surface area contributed by atoms with Crippen molar-refractivity contribution < 1.29 is 19.2 Å². The van der Waals surface area contributed by atoms with Crippen molar-refractivity contribution in [3.05, 3.63) is 63.2 Å². The standard InChI is InChI=1S/C25H30N6O5/c1-4-36-24(32)21(13-17-5-7-19(8-6-17)31(34)35)30-16(3)28-22-15(2)27-14-20(23(22)30)18-9-11-29(12-10-18)25(26)33/h5-8,14,18,21H,4,9-13H2,1-3H3,(H2,26,33). The van der Waals surface area contributed by atoms with Crippen molar-refractivity contribution in [2.75, 3.05) is 19.7 Å². The molecule has 1 aliphatic heterocycles. The molecule has 2 aromatic heterocycles. The van der Waals surface area contributed by atoms with Crippen LogP contribution in [0.15, 0.2) is 30.5 Å². The number of amides is 2. The molecule has 2 amide bonds. The topological polar surface area (TPSA) is 146 Å². The van der Waals surface area contributed by atoms with Crippen molar-refractivity contribution >= 4 is 28.7 Å². The van der Waals surface area contributed by atoms with Gasteiger partial charge in [0.05, 0.1) is 22.7 Å². The van der Waals surface area contributed by atoms with E-state index < -0.39 is 23.0 Å². The van der Waals surface area contributed by atoms with Gasteiger partial charge in [0.2, 0.25) is 0 Å². The van der Waals surface area contributed by atoms with Gasteiger partial charge in [0.25, 0.3) is 5.69 Å². The van der Waals surface area contributed by atoms with Crippen molar-refractivity contribution in [3.63, 3.8) is 0 Å². The molecule has 1 aliphatic rings. The first-order valence-corrected chi connectivity index (χ1v) is 12.0. The van der Waals surface area contributed by atoms with E-state index in [0.717, 1.165) is 40.7 Å². The maximum absolute atomic E-state index is 13.3. The van der Waals surface area contributed by atoms with E-state index in [2.05, 4.69) is 4.98 Å². The predicted molar refractivity (Wildman–Crippen MR) is 133 cm³/mol. The summed E-state index contributed by atoms with van der Waals surface area (Å²) < 4.78 is 7.37. The summed E-state index contributed by atoms with van der Waals surface area (Å²) in [6, 6.07) is 5.04. The number of nitrogens with two attached hydrogens (primary N) is 1. The van der Waals surface area contributed by atoms with Gasteiger partial charge in [-0.25, -0.2) is 14.6 Å². The summed E-state index contributed by atoms with van der Waals surface area (Å²) in [5.41, 5.74) is 9.49. The number of hydrogen-bond donors (Lipinski definition) is 1. The third-order valence-electron chi connectivity index (χ3n) is 6.79. The summed E-state index contributed by atoms with van der Waals surface area (Å²) in [7, 11) is 0. The molecule has 2 N–H and O–H groups in total. The molecule has 190 valence electrons. The Balaban J connectivity index is 1.79. The van der Waals surface area contributed by atoms with Crippen LogP contribution >= 0.6 is 0 Å². The first-order chi connectivity index (χ1) is 17.2. The lowest BCUT2D eigenvalue weighted by Crippen LogP contribution is -2.41. The SMILES string of the molecule is CCOC(=O)C(Cc1ccc([N+](=O)[O-])cc1)n1c(C)nc2c(C)ncc(C3CCN(C(N)=O)CC3)c21. The first-order valence-electron chi connectivity index (χ1n) is 12.0. The molecule has 11 heteroatoms. The number of benzene rings is 1. The summed E-state index contributed by atoms with van der Waals surface area (Å²) >= 11 is 0. The third kappa shape index (κ3) is 4.86. The number of carbonyl (C=O) groups is 2. The van der Waals surface area contributed by atoms with Gasteiger partial charge in [-0.05, 0) is 50.7 Å². The average molecular weight is 495 g/mol. The molecule has 0 spiro atoms. The number of non-ortho nitro benzene ring substituents is 1. The number of primary amides is 1. The van der Waals surface area contributed by atoms with E-state index in [4.69, 9.17) is 15.5 Å². The molecule has 0 aliphatic carbocycles. The number of aromatic nitrogens is 3. The number of imidazole rings is 1. The Kier molecular flexibility index (Phi) is 7.18.